The molecule has 0 aliphatic carbocycles. The predicted molar refractivity (Wildman–Crippen MR) is 69.8 cm³/mol. The number of unbranched alkanes of at least 4 members (excludes halogenated alkanes) is 2. The Balaban J connectivity index is 0.00000256. The highest BCUT2D eigenvalue weighted by Crippen LogP contribution is 2.39. The molecular formula is C12H20ClNO3. The van der Waals surface area contributed by atoms with Crippen molar-refractivity contribution in [3.8, 4) is 17.2 Å². The van der Waals surface area contributed by atoms with Gasteiger partial charge in [-0.25, -0.2) is 0 Å². The van der Waals surface area contributed by atoms with E-state index in [1.165, 1.54) is 6.07 Å². The van der Waals surface area contributed by atoms with Crippen LogP contribution in [0.15, 0.2) is 12.1 Å². The summed E-state index contributed by atoms with van der Waals surface area (Å²) in [6, 6.07) is 2.57. The van der Waals surface area contributed by atoms with Crippen molar-refractivity contribution in [1.29, 1.82) is 0 Å². The van der Waals surface area contributed by atoms with Crippen LogP contribution in [-0.2, 0) is 0 Å². The van der Waals surface area contributed by atoms with Gasteiger partial charge in [-0.3, -0.25) is 0 Å². The van der Waals surface area contributed by atoms with E-state index in [1.54, 1.807) is 6.07 Å². The average molecular weight is 262 g/mol. The molecule has 1 aromatic rings. The van der Waals surface area contributed by atoms with E-state index >= 15 is 0 Å². The van der Waals surface area contributed by atoms with Crippen LogP contribution in [0.5, 0.6) is 17.2 Å². The van der Waals surface area contributed by atoms with Crippen LogP contribution in [-0.4, -0.2) is 15.3 Å². The number of halogens is 1. The molecule has 0 radical (unpaired) electrons. The summed E-state index contributed by atoms with van der Waals surface area (Å²) in [6.45, 7) is 2.11. The van der Waals surface area contributed by atoms with Crippen molar-refractivity contribution in [2.45, 2.75) is 38.6 Å². The first-order chi connectivity index (χ1) is 7.57. The van der Waals surface area contributed by atoms with Crippen LogP contribution in [0.4, 0.5) is 0 Å². The Bertz CT molecular complexity index is 358. The van der Waals surface area contributed by atoms with E-state index < -0.39 is 5.75 Å². The fraction of sp³-hybridized carbons (Fsp3) is 0.500. The SMILES string of the molecule is CCCCC[C@@H](N)c1ccc(O)c(O)c1O.Cl. The molecule has 98 valence electrons. The van der Waals surface area contributed by atoms with Gasteiger partial charge in [0.1, 0.15) is 0 Å². The fourth-order valence-corrected chi connectivity index (χ4v) is 1.65. The summed E-state index contributed by atoms with van der Waals surface area (Å²) in [5.41, 5.74) is 6.38. The Morgan fingerprint density at radius 1 is 1.12 bits per heavy atom. The van der Waals surface area contributed by atoms with Crippen LogP contribution in [0.2, 0.25) is 0 Å². The van der Waals surface area contributed by atoms with Crippen molar-refractivity contribution in [3.05, 3.63) is 17.7 Å². The van der Waals surface area contributed by atoms with Gasteiger partial charge >= 0.3 is 0 Å². The van der Waals surface area contributed by atoms with E-state index in [0.29, 0.717) is 5.56 Å². The molecule has 0 amide bonds. The third kappa shape index (κ3) is 3.98. The van der Waals surface area contributed by atoms with Crippen molar-refractivity contribution in [1.82, 2.24) is 0 Å². The number of aromatic hydroxyl groups is 3. The molecule has 0 saturated heterocycles. The minimum absolute atomic E-state index is 0. The standard InChI is InChI=1S/C12H19NO3.ClH/c1-2-3-4-5-9(13)8-6-7-10(14)12(16)11(8)15;/h6-7,9,14-16H,2-5,13H2,1H3;1H/t9-;/m1./s1. The summed E-state index contributed by atoms with van der Waals surface area (Å²) in [5, 5.41) is 28.1. The van der Waals surface area contributed by atoms with Crippen molar-refractivity contribution in [2.24, 2.45) is 5.73 Å². The molecule has 0 saturated carbocycles. The molecular weight excluding hydrogens is 242 g/mol. The molecule has 0 aliphatic heterocycles. The largest absolute Gasteiger partial charge is 0.504 e. The number of benzene rings is 1. The second kappa shape index (κ2) is 7.25. The number of hydrogen-bond acceptors (Lipinski definition) is 4. The first-order valence-corrected chi connectivity index (χ1v) is 5.57. The molecule has 1 rings (SSSR count). The molecule has 1 atom stereocenters. The number of rotatable bonds is 5. The van der Waals surface area contributed by atoms with E-state index in [-0.39, 0.29) is 29.9 Å². The molecule has 1 aromatic carbocycles. The summed E-state index contributed by atoms with van der Waals surface area (Å²) in [5.74, 6) is -1.14. The maximum absolute atomic E-state index is 9.62. The van der Waals surface area contributed by atoms with Gasteiger partial charge in [0.15, 0.2) is 11.5 Å². The van der Waals surface area contributed by atoms with Crippen LogP contribution in [0.25, 0.3) is 0 Å². The van der Waals surface area contributed by atoms with Crippen molar-refractivity contribution in [2.75, 3.05) is 0 Å². The van der Waals surface area contributed by atoms with Gasteiger partial charge in [0.05, 0.1) is 0 Å². The van der Waals surface area contributed by atoms with E-state index in [0.717, 1.165) is 25.7 Å². The fourth-order valence-electron chi connectivity index (χ4n) is 1.65. The first-order valence-electron chi connectivity index (χ1n) is 5.57. The lowest BCUT2D eigenvalue weighted by molar-refractivity contribution is 0.362. The van der Waals surface area contributed by atoms with Crippen LogP contribution in [0, 0.1) is 0 Å². The first kappa shape index (κ1) is 15.9. The van der Waals surface area contributed by atoms with E-state index in [9.17, 15) is 10.2 Å². The monoisotopic (exact) mass is 261 g/mol. The number of phenolic OH excluding ortho intramolecular Hbond substituents is 3. The summed E-state index contributed by atoms with van der Waals surface area (Å²) in [4.78, 5) is 0. The van der Waals surface area contributed by atoms with Crippen molar-refractivity contribution < 1.29 is 15.3 Å². The lowest BCUT2D eigenvalue weighted by Crippen LogP contribution is -2.10. The number of nitrogens with two attached hydrogens (primary N) is 1. The second-order valence-corrected chi connectivity index (χ2v) is 3.97. The zero-order valence-electron chi connectivity index (χ0n) is 9.89. The molecule has 0 unspecified atom stereocenters. The smallest absolute Gasteiger partial charge is 0.200 e. The van der Waals surface area contributed by atoms with Gasteiger partial charge < -0.3 is 21.1 Å². The van der Waals surface area contributed by atoms with Crippen LogP contribution < -0.4 is 5.73 Å². The quantitative estimate of drug-likeness (QED) is 0.485. The Hall–Kier alpha value is -1.13. The zero-order chi connectivity index (χ0) is 12.1. The lowest BCUT2D eigenvalue weighted by Gasteiger charge is -2.14. The Morgan fingerprint density at radius 2 is 1.76 bits per heavy atom. The molecule has 5 heteroatoms. The molecule has 0 aliphatic rings. The van der Waals surface area contributed by atoms with Crippen LogP contribution >= 0.6 is 12.4 Å². The highest BCUT2D eigenvalue weighted by Gasteiger charge is 2.16. The van der Waals surface area contributed by atoms with E-state index in [1.807, 2.05) is 0 Å². The molecule has 0 heterocycles. The molecule has 0 aromatic heterocycles. The highest BCUT2D eigenvalue weighted by molar-refractivity contribution is 5.85. The third-order valence-electron chi connectivity index (χ3n) is 2.68. The normalized spacial score (nSPS) is 11.9. The molecule has 0 spiro atoms. The summed E-state index contributed by atoms with van der Waals surface area (Å²) in [6.07, 6.45) is 3.95. The summed E-state index contributed by atoms with van der Waals surface area (Å²) in [7, 11) is 0. The van der Waals surface area contributed by atoms with Gasteiger partial charge in [0.2, 0.25) is 5.75 Å². The van der Waals surface area contributed by atoms with Crippen LogP contribution in [0.1, 0.15) is 44.2 Å². The Kier molecular flexibility index (Phi) is 6.76. The molecule has 0 bridgehead atoms. The highest BCUT2D eigenvalue weighted by atomic mass is 35.5. The molecule has 17 heavy (non-hydrogen) atoms. The minimum Gasteiger partial charge on any atom is -0.504 e. The van der Waals surface area contributed by atoms with Crippen molar-refractivity contribution in [3.63, 3.8) is 0 Å². The average Bonchev–Trinajstić information content (AvgIpc) is 2.26. The minimum atomic E-state index is -0.497. The van der Waals surface area contributed by atoms with Gasteiger partial charge in [0, 0.05) is 11.6 Å². The number of phenols is 3. The molecule has 5 N–H and O–H groups in total. The van der Waals surface area contributed by atoms with Crippen LogP contribution in [0.3, 0.4) is 0 Å². The van der Waals surface area contributed by atoms with Gasteiger partial charge in [-0.2, -0.15) is 0 Å². The third-order valence-corrected chi connectivity index (χ3v) is 2.68. The van der Waals surface area contributed by atoms with Gasteiger partial charge in [-0.15, -0.1) is 12.4 Å². The lowest BCUT2D eigenvalue weighted by atomic mass is 10.00. The second-order valence-electron chi connectivity index (χ2n) is 3.97. The van der Waals surface area contributed by atoms with Crippen molar-refractivity contribution >= 4 is 12.4 Å². The van der Waals surface area contributed by atoms with E-state index in [4.69, 9.17) is 10.8 Å². The molecule has 4 nitrogen and oxygen atoms in total. The number of hydrogen-bond donors (Lipinski definition) is 4. The van der Waals surface area contributed by atoms with Gasteiger partial charge in [-0.05, 0) is 18.6 Å². The van der Waals surface area contributed by atoms with Gasteiger partial charge in [0.25, 0.3) is 0 Å². The Labute approximate surface area is 107 Å². The maximum atomic E-state index is 9.62. The maximum Gasteiger partial charge on any atom is 0.200 e. The zero-order valence-corrected chi connectivity index (χ0v) is 10.7. The topological polar surface area (TPSA) is 86.7 Å². The predicted octanol–water partition coefficient (Wildman–Crippen LogP) is 2.81. The Morgan fingerprint density at radius 3 is 2.35 bits per heavy atom. The summed E-state index contributed by atoms with van der Waals surface area (Å²) >= 11 is 0. The van der Waals surface area contributed by atoms with Gasteiger partial charge in [-0.1, -0.05) is 26.2 Å². The molecule has 0 fully saturated rings. The van der Waals surface area contributed by atoms with E-state index in [2.05, 4.69) is 6.92 Å². The summed E-state index contributed by atoms with van der Waals surface area (Å²) < 4.78 is 0.